The van der Waals surface area contributed by atoms with Crippen molar-refractivity contribution in [1.29, 1.82) is 0 Å². The Kier molecular flexibility index (Phi) is 12.2. The molecule has 0 bridgehead atoms. The summed E-state index contributed by atoms with van der Waals surface area (Å²) in [5.74, 6) is 7.00. The lowest BCUT2D eigenvalue weighted by Gasteiger charge is -2.72. The molecule has 0 heterocycles. The van der Waals surface area contributed by atoms with E-state index in [0.717, 1.165) is 47.3 Å². The second-order valence-corrected chi connectivity index (χ2v) is 23.9. The number of hydrogen-bond acceptors (Lipinski definition) is 0. The van der Waals surface area contributed by atoms with Crippen molar-refractivity contribution < 1.29 is 0 Å². The summed E-state index contributed by atoms with van der Waals surface area (Å²) in [6.07, 6.45) is 13.9. The van der Waals surface area contributed by atoms with Gasteiger partial charge in [-0.3, -0.25) is 0 Å². The van der Waals surface area contributed by atoms with E-state index in [1.807, 2.05) is 0 Å². The highest BCUT2D eigenvalue weighted by Gasteiger charge is 2.73. The summed E-state index contributed by atoms with van der Waals surface area (Å²) >= 11 is 0. The molecule has 3 aliphatic carbocycles. The average molecular weight is 669 g/mol. The predicted octanol–water partition coefficient (Wildman–Crippen LogP) is 15.8. The van der Waals surface area contributed by atoms with Crippen LogP contribution in [0.2, 0.25) is 0 Å². The first-order chi connectivity index (χ1) is 21.6. The Bertz CT molecular complexity index is 1060. The Balaban J connectivity index is 2.24. The minimum absolute atomic E-state index is 0.234. The van der Waals surface area contributed by atoms with E-state index in [1.165, 1.54) is 64.2 Å². The minimum Gasteiger partial charge on any atom is -0.0654 e. The molecule has 0 aromatic carbocycles. The van der Waals surface area contributed by atoms with E-state index in [0.29, 0.717) is 33.0 Å². The summed E-state index contributed by atoms with van der Waals surface area (Å²) < 4.78 is 0. The average Bonchev–Trinajstić information content (AvgIpc) is 3.48. The van der Waals surface area contributed by atoms with Crippen LogP contribution in [0.3, 0.4) is 0 Å². The molecular weight excluding hydrogens is 577 g/mol. The summed E-state index contributed by atoms with van der Waals surface area (Å²) in [5, 5.41) is 0. The van der Waals surface area contributed by atoms with Crippen molar-refractivity contribution >= 4 is 0 Å². The zero-order chi connectivity index (χ0) is 37.3. The molecule has 0 aliphatic heterocycles. The van der Waals surface area contributed by atoms with E-state index in [2.05, 4.69) is 145 Å². The van der Waals surface area contributed by atoms with Crippen LogP contribution in [0.4, 0.5) is 0 Å². The van der Waals surface area contributed by atoms with E-state index < -0.39 is 0 Å². The third kappa shape index (κ3) is 6.80. The number of hydrogen-bond donors (Lipinski definition) is 0. The van der Waals surface area contributed by atoms with E-state index >= 15 is 0 Å². The highest BCUT2D eigenvalue weighted by atomic mass is 14.8. The Labute approximate surface area is 305 Å². The maximum Gasteiger partial charge on any atom is -0.0181 e. The molecule has 1 spiro atoms. The first kappa shape index (κ1) is 42.4. The lowest BCUT2D eigenvalue weighted by Crippen LogP contribution is -2.65. The highest BCUT2D eigenvalue weighted by Crippen LogP contribution is 2.80. The zero-order valence-electron chi connectivity index (χ0n) is 37.3. The van der Waals surface area contributed by atoms with Gasteiger partial charge in [-0.1, -0.05) is 165 Å². The predicted molar refractivity (Wildman–Crippen MR) is 216 cm³/mol. The molecule has 0 saturated heterocycles. The molecule has 3 saturated carbocycles. The van der Waals surface area contributed by atoms with Gasteiger partial charge in [0, 0.05) is 0 Å². The Hall–Kier alpha value is 0. The molecule has 0 N–H and O–H groups in total. The fourth-order valence-electron chi connectivity index (χ4n) is 15.5. The van der Waals surface area contributed by atoms with Crippen LogP contribution in [0, 0.1) is 96.6 Å². The molecule has 3 aliphatic rings. The van der Waals surface area contributed by atoms with Gasteiger partial charge in [0.15, 0.2) is 0 Å². The normalized spacial score (nSPS) is 42.3. The summed E-state index contributed by atoms with van der Waals surface area (Å²) in [4.78, 5) is 0. The van der Waals surface area contributed by atoms with Gasteiger partial charge < -0.3 is 0 Å². The molecule has 0 aromatic rings. The van der Waals surface area contributed by atoms with Gasteiger partial charge in [-0.05, 0) is 142 Å². The molecule has 48 heavy (non-hydrogen) atoms. The van der Waals surface area contributed by atoms with E-state index in [1.54, 1.807) is 0 Å². The quantitative estimate of drug-likeness (QED) is 0.194. The number of rotatable bonds is 12. The molecule has 3 rings (SSSR count). The Morgan fingerprint density at radius 1 is 0.708 bits per heavy atom. The molecule has 284 valence electrons. The van der Waals surface area contributed by atoms with Crippen LogP contribution in [0.5, 0.6) is 0 Å². The van der Waals surface area contributed by atoms with Gasteiger partial charge in [0.2, 0.25) is 0 Å². The topological polar surface area (TPSA) is 0 Å². The lowest BCUT2D eigenvalue weighted by atomic mass is 9.33. The van der Waals surface area contributed by atoms with Crippen molar-refractivity contribution in [2.45, 2.75) is 210 Å². The molecule has 0 heteroatoms. The summed E-state index contributed by atoms with van der Waals surface area (Å²) in [5.41, 5.74) is 2.79. The maximum atomic E-state index is 2.83. The molecule has 12 unspecified atom stereocenters. The maximum absolute atomic E-state index is 2.83. The van der Waals surface area contributed by atoms with Gasteiger partial charge in [0.25, 0.3) is 0 Å². The SMILES string of the molecule is CCCC(CC(C)C)C1CC(C)(CC2CC(C)(C(C)(CCC)CC(C)C)C(C)(C(C)(C)C)C(C)C2C(C)(C)C)C(C)C(C)C12CC2(C)C. The fourth-order valence-corrected chi connectivity index (χ4v) is 15.5. The lowest BCUT2D eigenvalue weighted by molar-refractivity contribution is -0.235. The molecular formula is C48H92. The van der Waals surface area contributed by atoms with Crippen molar-refractivity contribution in [3.8, 4) is 0 Å². The first-order valence-corrected chi connectivity index (χ1v) is 21.6. The van der Waals surface area contributed by atoms with Crippen LogP contribution in [0.1, 0.15) is 210 Å². The van der Waals surface area contributed by atoms with E-state index in [4.69, 9.17) is 0 Å². The third-order valence-corrected chi connectivity index (χ3v) is 17.9. The molecule has 12 atom stereocenters. The molecule has 0 amide bonds. The Morgan fingerprint density at radius 3 is 1.65 bits per heavy atom. The second-order valence-electron chi connectivity index (χ2n) is 23.9. The van der Waals surface area contributed by atoms with Gasteiger partial charge in [-0.2, -0.15) is 0 Å². The summed E-state index contributed by atoms with van der Waals surface area (Å²) in [6, 6.07) is 0. The van der Waals surface area contributed by atoms with Crippen LogP contribution in [0.15, 0.2) is 0 Å². The summed E-state index contributed by atoms with van der Waals surface area (Å²) in [7, 11) is 0. The molecule has 0 aromatic heterocycles. The van der Waals surface area contributed by atoms with Crippen LogP contribution < -0.4 is 0 Å². The Morgan fingerprint density at radius 2 is 1.25 bits per heavy atom. The van der Waals surface area contributed by atoms with Gasteiger partial charge in [0.05, 0.1) is 0 Å². The molecule has 0 nitrogen and oxygen atoms in total. The highest BCUT2D eigenvalue weighted by molar-refractivity contribution is 5.21. The van der Waals surface area contributed by atoms with Crippen molar-refractivity contribution in [2.75, 3.05) is 0 Å². The third-order valence-electron chi connectivity index (χ3n) is 17.9. The minimum atomic E-state index is 0.234. The zero-order valence-corrected chi connectivity index (χ0v) is 37.3. The molecule has 0 radical (unpaired) electrons. The summed E-state index contributed by atoms with van der Waals surface area (Å²) in [6.45, 7) is 55.3. The largest absolute Gasteiger partial charge is 0.0654 e. The van der Waals surface area contributed by atoms with Crippen LogP contribution in [-0.4, -0.2) is 0 Å². The van der Waals surface area contributed by atoms with Gasteiger partial charge in [-0.15, -0.1) is 0 Å². The smallest absolute Gasteiger partial charge is 0.0181 e. The van der Waals surface area contributed by atoms with Crippen LogP contribution in [-0.2, 0) is 0 Å². The van der Waals surface area contributed by atoms with Crippen LogP contribution in [0.25, 0.3) is 0 Å². The van der Waals surface area contributed by atoms with Crippen LogP contribution >= 0.6 is 0 Å². The van der Waals surface area contributed by atoms with E-state index in [9.17, 15) is 0 Å². The monoisotopic (exact) mass is 669 g/mol. The fraction of sp³-hybridized carbons (Fsp3) is 1.00. The van der Waals surface area contributed by atoms with E-state index in [-0.39, 0.29) is 16.2 Å². The van der Waals surface area contributed by atoms with Crippen molar-refractivity contribution in [1.82, 2.24) is 0 Å². The molecule has 3 fully saturated rings. The first-order valence-electron chi connectivity index (χ1n) is 21.6. The van der Waals surface area contributed by atoms with Crippen molar-refractivity contribution in [3.63, 3.8) is 0 Å². The standard InChI is InChI=1S/C48H92/c1-22-24-37(26-32(3)4)39-30-44(18,34(7)35(8)48(39)31-43(48,16)17)28-38-29-46(20,45(19,25-23-2)27-33(5)6)47(21,42(13,14)15)36(9)40(38)41(10,11)12/h32-40H,22-31H2,1-21H3. The van der Waals surface area contributed by atoms with Gasteiger partial charge in [-0.25, -0.2) is 0 Å². The van der Waals surface area contributed by atoms with Gasteiger partial charge in [0.1, 0.15) is 0 Å². The van der Waals surface area contributed by atoms with Crippen molar-refractivity contribution in [2.24, 2.45) is 96.6 Å². The second kappa shape index (κ2) is 13.8. The van der Waals surface area contributed by atoms with Gasteiger partial charge >= 0.3 is 0 Å². The van der Waals surface area contributed by atoms with Crippen molar-refractivity contribution in [3.05, 3.63) is 0 Å².